The number of likely N-dealkylation sites (tertiary alicyclic amines) is 1. The Morgan fingerprint density at radius 3 is 2.24 bits per heavy atom. The molecule has 1 aliphatic heterocycles. The zero-order valence-electron chi connectivity index (χ0n) is 12.5. The van der Waals surface area contributed by atoms with E-state index in [9.17, 15) is 14.4 Å². The van der Waals surface area contributed by atoms with E-state index in [0.717, 1.165) is 38.5 Å². The smallest absolute Gasteiger partial charge is 0.234 e. The summed E-state index contributed by atoms with van der Waals surface area (Å²) in [5.74, 6) is -0.338. The van der Waals surface area contributed by atoms with E-state index in [2.05, 4.69) is 5.32 Å². The lowest BCUT2D eigenvalue weighted by atomic mass is 9.81. The summed E-state index contributed by atoms with van der Waals surface area (Å²) in [5, 5.41) is 2.91. The van der Waals surface area contributed by atoms with Gasteiger partial charge in [-0.2, -0.15) is 0 Å². The molecule has 0 aromatic carbocycles. The molecule has 0 bridgehead atoms. The molecular formula is C15H23N3O3. The fourth-order valence-corrected chi connectivity index (χ4v) is 3.41. The minimum absolute atomic E-state index is 0.0310. The van der Waals surface area contributed by atoms with Crippen molar-refractivity contribution in [3.8, 4) is 0 Å². The van der Waals surface area contributed by atoms with Gasteiger partial charge in [-0.05, 0) is 32.7 Å². The third kappa shape index (κ3) is 3.10. The monoisotopic (exact) mass is 293 g/mol. The fourth-order valence-electron chi connectivity index (χ4n) is 3.41. The lowest BCUT2D eigenvalue weighted by molar-refractivity contribution is -0.143. The number of hydrogen-bond donors (Lipinski definition) is 1. The number of amides is 3. The minimum atomic E-state index is -0.111. The van der Waals surface area contributed by atoms with Crippen molar-refractivity contribution in [2.75, 3.05) is 20.3 Å². The van der Waals surface area contributed by atoms with Crippen LogP contribution in [0.3, 0.4) is 0 Å². The minimum Gasteiger partial charge on any atom is -0.352 e. The molecule has 21 heavy (non-hydrogen) atoms. The molecule has 3 amide bonds. The molecule has 116 valence electrons. The van der Waals surface area contributed by atoms with Crippen molar-refractivity contribution >= 4 is 17.7 Å². The van der Waals surface area contributed by atoms with Crippen molar-refractivity contribution in [3.63, 3.8) is 0 Å². The molecule has 2 atom stereocenters. The second kappa shape index (κ2) is 5.75. The first-order valence-corrected chi connectivity index (χ1v) is 7.89. The van der Waals surface area contributed by atoms with Crippen LogP contribution in [0.5, 0.6) is 0 Å². The number of rotatable bonds is 5. The van der Waals surface area contributed by atoms with Crippen LogP contribution in [0.4, 0.5) is 0 Å². The van der Waals surface area contributed by atoms with Gasteiger partial charge in [0.2, 0.25) is 17.7 Å². The molecule has 1 N–H and O–H groups in total. The molecule has 0 spiro atoms. The average molecular weight is 293 g/mol. The number of carbonyl (C=O) groups is 3. The number of fused-ring (bicyclic) bond motifs is 1. The van der Waals surface area contributed by atoms with E-state index in [1.807, 2.05) is 0 Å². The number of nitrogens with zero attached hydrogens (tertiary/aromatic N) is 2. The largest absolute Gasteiger partial charge is 0.352 e. The molecule has 2 saturated carbocycles. The van der Waals surface area contributed by atoms with Crippen LogP contribution in [-0.2, 0) is 14.4 Å². The highest BCUT2D eigenvalue weighted by atomic mass is 16.2. The Kier molecular flexibility index (Phi) is 3.97. The van der Waals surface area contributed by atoms with Crippen LogP contribution in [0.2, 0.25) is 0 Å². The summed E-state index contributed by atoms with van der Waals surface area (Å²) in [6.07, 6.45) is 5.85. The zero-order chi connectivity index (χ0) is 15.0. The average Bonchev–Trinajstić information content (AvgIpc) is 3.23. The molecule has 3 fully saturated rings. The molecule has 1 saturated heterocycles. The fraction of sp³-hybridized carbons (Fsp3) is 0.800. The number of imide groups is 1. The Labute approximate surface area is 124 Å². The van der Waals surface area contributed by atoms with Crippen molar-refractivity contribution in [3.05, 3.63) is 0 Å². The van der Waals surface area contributed by atoms with Crippen molar-refractivity contribution < 1.29 is 14.4 Å². The van der Waals surface area contributed by atoms with Gasteiger partial charge in [0.05, 0.1) is 25.0 Å². The van der Waals surface area contributed by atoms with Crippen molar-refractivity contribution in [2.45, 2.75) is 44.6 Å². The number of likely N-dealkylation sites (N-methyl/N-ethyl adjacent to an activating group) is 1. The van der Waals surface area contributed by atoms with E-state index in [1.54, 1.807) is 11.9 Å². The normalized spacial score (nSPS) is 29.0. The predicted molar refractivity (Wildman–Crippen MR) is 76.0 cm³/mol. The van der Waals surface area contributed by atoms with Crippen LogP contribution >= 0.6 is 0 Å². The van der Waals surface area contributed by atoms with Gasteiger partial charge < -0.3 is 5.32 Å². The highest BCUT2D eigenvalue weighted by Crippen LogP contribution is 2.37. The Bertz CT molecular complexity index is 437. The molecular weight excluding hydrogens is 270 g/mol. The first-order valence-electron chi connectivity index (χ1n) is 7.89. The zero-order valence-corrected chi connectivity index (χ0v) is 12.5. The quantitative estimate of drug-likeness (QED) is 0.742. The van der Waals surface area contributed by atoms with Gasteiger partial charge in [-0.25, -0.2) is 0 Å². The number of nitrogens with one attached hydrogen (secondary N) is 1. The summed E-state index contributed by atoms with van der Waals surface area (Å²) in [7, 11) is 1.77. The first kappa shape index (κ1) is 14.5. The molecule has 0 unspecified atom stereocenters. The lowest BCUT2D eigenvalue weighted by Crippen LogP contribution is -2.44. The Hall–Kier alpha value is -1.43. The van der Waals surface area contributed by atoms with Crippen molar-refractivity contribution in [1.82, 2.24) is 15.1 Å². The summed E-state index contributed by atoms with van der Waals surface area (Å²) >= 11 is 0. The van der Waals surface area contributed by atoms with E-state index in [-0.39, 0.29) is 42.8 Å². The van der Waals surface area contributed by atoms with Gasteiger partial charge in [-0.15, -0.1) is 0 Å². The predicted octanol–water partition coefficient (Wildman–Crippen LogP) is 0.329. The van der Waals surface area contributed by atoms with Gasteiger partial charge in [0, 0.05) is 6.04 Å². The molecule has 6 nitrogen and oxygen atoms in total. The molecule has 3 rings (SSSR count). The van der Waals surface area contributed by atoms with Crippen LogP contribution < -0.4 is 5.32 Å². The van der Waals surface area contributed by atoms with Gasteiger partial charge in [0.1, 0.15) is 0 Å². The van der Waals surface area contributed by atoms with Crippen LogP contribution in [0.15, 0.2) is 0 Å². The second-order valence-corrected chi connectivity index (χ2v) is 6.60. The lowest BCUT2D eigenvalue weighted by Gasteiger charge is -2.22. The molecule has 0 aromatic heterocycles. The van der Waals surface area contributed by atoms with Gasteiger partial charge >= 0.3 is 0 Å². The van der Waals surface area contributed by atoms with Gasteiger partial charge in [-0.3, -0.25) is 24.2 Å². The molecule has 3 aliphatic rings. The topological polar surface area (TPSA) is 69.7 Å². The Morgan fingerprint density at radius 1 is 1.14 bits per heavy atom. The van der Waals surface area contributed by atoms with E-state index >= 15 is 0 Å². The van der Waals surface area contributed by atoms with E-state index in [1.165, 1.54) is 4.90 Å². The highest BCUT2D eigenvalue weighted by Gasteiger charge is 2.48. The maximum atomic E-state index is 12.3. The van der Waals surface area contributed by atoms with Gasteiger partial charge in [-0.1, -0.05) is 12.8 Å². The van der Waals surface area contributed by atoms with E-state index in [4.69, 9.17) is 0 Å². The molecule has 1 heterocycles. The van der Waals surface area contributed by atoms with Crippen LogP contribution in [0.25, 0.3) is 0 Å². The number of carbonyl (C=O) groups excluding carboxylic acids is 3. The maximum absolute atomic E-state index is 12.3. The standard InChI is InChI=1S/C15H23N3O3/c1-17(8-13(19)16-10-6-7-10)9-18-14(20)11-4-2-3-5-12(11)15(18)21/h10-12H,2-9H2,1H3,(H,16,19)/t11-,12-/m0/s1. The third-order valence-corrected chi connectivity index (χ3v) is 4.67. The Morgan fingerprint density at radius 2 is 1.71 bits per heavy atom. The SMILES string of the molecule is CN(CC(=O)NC1CC1)CN1C(=O)[C@H]2CCCC[C@@H]2C1=O. The van der Waals surface area contributed by atoms with Gasteiger partial charge in [0.15, 0.2) is 0 Å². The first-order chi connectivity index (χ1) is 10.1. The highest BCUT2D eigenvalue weighted by molar-refractivity contribution is 6.05. The summed E-state index contributed by atoms with van der Waals surface area (Å²) in [6, 6.07) is 0.337. The van der Waals surface area contributed by atoms with Crippen molar-refractivity contribution in [2.24, 2.45) is 11.8 Å². The van der Waals surface area contributed by atoms with E-state index in [0.29, 0.717) is 6.04 Å². The van der Waals surface area contributed by atoms with E-state index < -0.39 is 0 Å². The second-order valence-electron chi connectivity index (χ2n) is 6.60. The maximum Gasteiger partial charge on any atom is 0.234 e. The molecule has 0 radical (unpaired) electrons. The summed E-state index contributed by atoms with van der Waals surface area (Å²) in [5.41, 5.74) is 0. The Balaban J connectivity index is 1.54. The number of hydrogen-bond acceptors (Lipinski definition) is 4. The van der Waals surface area contributed by atoms with Gasteiger partial charge in [0.25, 0.3) is 0 Å². The van der Waals surface area contributed by atoms with Crippen molar-refractivity contribution in [1.29, 1.82) is 0 Å². The third-order valence-electron chi connectivity index (χ3n) is 4.67. The summed E-state index contributed by atoms with van der Waals surface area (Å²) in [6.45, 7) is 0.450. The summed E-state index contributed by atoms with van der Waals surface area (Å²) < 4.78 is 0. The van der Waals surface area contributed by atoms with Crippen LogP contribution in [-0.4, -0.2) is 53.8 Å². The van der Waals surface area contributed by atoms with Crippen LogP contribution in [0.1, 0.15) is 38.5 Å². The van der Waals surface area contributed by atoms with Crippen LogP contribution in [0, 0.1) is 11.8 Å². The molecule has 2 aliphatic carbocycles. The molecule has 0 aromatic rings. The summed E-state index contributed by atoms with van der Waals surface area (Å²) in [4.78, 5) is 39.5. The molecule has 6 heteroatoms.